The number of aliphatic carboxylic acids is 1. The monoisotopic (exact) mass is 388 g/mol. The molecule has 0 bridgehead atoms. The molecule has 5 nitrogen and oxygen atoms in total. The molecule has 2 aromatic carbocycles. The predicted octanol–water partition coefficient (Wildman–Crippen LogP) is 3.78. The Morgan fingerprint density at radius 1 is 1.12 bits per heavy atom. The summed E-state index contributed by atoms with van der Waals surface area (Å²) in [6, 6.07) is 10.0. The van der Waals surface area contributed by atoms with E-state index in [1.54, 1.807) is 12.1 Å². The molecule has 2 rings (SSSR count). The van der Waals surface area contributed by atoms with Crippen molar-refractivity contribution in [1.29, 1.82) is 0 Å². The van der Waals surface area contributed by atoms with Gasteiger partial charge in [0.25, 0.3) is 0 Å². The van der Waals surface area contributed by atoms with Crippen molar-refractivity contribution in [2.75, 3.05) is 6.26 Å². The van der Waals surface area contributed by atoms with Gasteiger partial charge in [-0.2, -0.15) is 0 Å². The highest BCUT2D eigenvalue weighted by atomic mass is 35.5. The van der Waals surface area contributed by atoms with Crippen LogP contribution in [-0.4, -0.2) is 25.7 Å². The molecule has 0 fully saturated rings. The summed E-state index contributed by atoms with van der Waals surface area (Å²) in [4.78, 5) is 11.8. The summed E-state index contributed by atoms with van der Waals surface area (Å²) in [7, 11) is -3.43. The van der Waals surface area contributed by atoms with Crippen LogP contribution in [-0.2, 0) is 20.2 Å². The number of carboxylic acid groups (broad SMARTS) is 1. The van der Waals surface area contributed by atoms with E-state index in [0.717, 1.165) is 6.26 Å². The van der Waals surface area contributed by atoms with Gasteiger partial charge in [-0.1, -0.05) is 35.3 Å². The molecule has 0 aliphatic carbocycles. The Bertz CT molecular complexity index is 878. The lowest BCUT2D eigenvalue weighted by molar-refractivity contribution is -0.154. The number of hydrogen-bond acceptors (Lipinski definition) is 4. The number of sulfone groups is 1. The number of carboxylic acids is 1. The van der Waals surface area contributed by atoms with Gasteiger partial charge in [0, 0.05) is 16.8 Å². The zero-order valence-corrected chi connectivity index (χ0v) is 15.1. The summed E-state index contributed by atoms with van der Waals surface area (Å²) < 4.78 is 28.7. The van der Waals surface area contributed by atoms with Crippen LogP contribution in [0.2, 0.25) is 10.0 Å². The Morgan fingerprint density at radius 2 is 1.71 bits per heavy atom. The second kappa shape index (κ2) is 6.63. The molecular formula is C16H14Cl2O5S. The maximum atomic E-state index is 11.8. The first-order valence-corrected chi connectivity index (χ1v) is 9.37. The average molecular weight is 389 g/mol. The van der Waals surface area contributed by atoms with Crippen LogP contribution in [0.5, 0.6) is 5.75 Å². The zero-order valence-electron chi connectivity index (χ0n) is 12.8. The SMILES string of the molecule is CC(Oc1ccc(S(C)(=O)=O)cc1Cl)(C(=O)O)c1ccc(Cl)cc1. The van der Waals surface area contributed by atoms with Crippen molar-refractivity contribution in [3.05, 3.63) is 58.1 Å². The minimum atomic E-state index is -3.43. The van der Waals surface area contributed by atoms with Gasteiger partial charge in [0.1, 0.15) is 5.75 Å². The second-order valence-corrected chi connectivity index (χ2v) is 8.17. The van der Waals surface area contributed by atoms with E-state index >= 15 is 0 Å². The Hall–Kier alpha value is -1.76. The molecule has 0 heterocycles. The molecule has 128 valence electrons. The fraction of sp³-hybridized carbons (Fsp3) is 0.188. The van der Waals surface area contributed by atoms with Crippen LogP contribution in [0.3, 0.4) is 0 Å². The highest BCUT2D eigenvalue weighted by molar-refractivity contribution is 7.90. The molecule has 0 aliphatic heterocycles. The van der Waals surface area contributed by atoms with Crippen molar-refractivity contribution in [3.63, 3.8) is 0 Å². The molecule has 8 heteroatoms. The molecule has 0 aliphatic rings. The predicted molar refractivity (Wildman–Crippen MR) is 91.6 cm³/mol. The first-order chi connectivity index (χ1) is 11.0. The topological polar surface area (TPSA) is 80.7 Å². The van der Waals surface area contributed by atoms with Gasteiger partial charge in [0.15, 0.2) is 9.84 Å². The molecular weight excluding hydrogens is 375 g/mol. The minimum Gasteiger partial charge on any atom is -0.478 e. The molecule has 24 heavy (non-hydrogen) atoms. The Labute approximate surface area is 149 Å². The van der Waals surface area contributed by atoms with Crippen molar-refractivity contribution in [3.8, 4) is 5.75 Å². The molecule has 0 radical (unpaired) electrons. The van der Waals surface area contributed by atoms with Crippen LogP contribution in [0.4, 0.5) is 0 Å². The summed E-state index contributed by atoms with van der Waals surface area (Å²) in [5, 5.41) is 10.1. The van der Waals surface area contributed by atoms with Crippen molar-refractivity contribution in [1.82, 2.24) is 0 Å². The second-order valence-electron chi connectivity index (χ2n) is 5.31. The summed E-state index contributed by atoms with van der Waals surface area (Å²) in [5.74, 6) is -1.17. The smallest absolute Gasteiger partial charge is 0.352 e. The van der Waals surface area contributed by atoms with Gasteiger partial charge >= 0.3 is 5.97 Å². The molecule has 2 aromatic rings. The van der Waals surface area contributed by atoms with Gasteiger partial charge in [-0.3, -0.25) is 0 Å². The van der Waals surface area contributed by atoms with E-state index in [2.05, 4.69) is 0 Å². The van der Waals surface area contributed by atoms with Gasteiger partial charge in [-0.15, -0.1) is 0 Å². The minimum absolute atomic E-state index is 0.000589. The largest absolute Gasteiger partial charge is 0.478 e. The first-order valence-electron chi connectivity index (χ1n) is 6.72. The van der Waals surface area contributed by atoms with Crippen LogP contribution < -0.4 is 4.74 Å². The molecule has 0 amide bonds. The molecule has 0 saturated heterocycles. The third-order valence-corrected chi connectivity index (χ3v) is 5.11. The lowest BCUT2D eigenvalue weighted by Crippen LogP contribution is -2.38. The molecule has 0 saturated carbocycles. The van der Waals surface area contributed by atoms with Crippen LogP contribution >= 0.6 is 23.2 Å². The summed E-state index contributed by atoms with van der Waals surface area (Å²) in [5.41, 5.74) is -1.36. The quantitative estimate of drug-likeness (QED) is 0.842. The molecule has 0 spiro atoms. The van der Waals surface area contributed by atoms with Gasteiger partial charge < -0.3 is 9.84 Å². The molecule has 1 unspecified atom stereocenters. The van der Waals surface area contributed by atoms with Crippen LogP contribution in [0.1, 0.15) is 12.5 Å². The Kier molecular flexibility index (Phi) is 5.13. The molecule has 0 aromatic heterocycles. The number of halogens is 2. The summed E-state index contributed by atoms with van der Waals surface area (Å²) in [6.45, 7) is 1.37. The van der Waals surface area contributed by atoms with Crippen molar-refractivity contribution in [2.24, 2.45) is 0 Å². The normalized spacial score (nSPS) is 14.0. The Balaban J connectivity index is 2.45. The van der Waals surface area contributed by atoms with E-state index in [1.807, 2.05) is 0 Å². The Morgan fingerprint density at radius 3 is 2.17 bits per heavy atom. The van der Waals surface area contributed by atoms with E-state index in [9.17, 15) is 18.3 Å². The average Bonchev–Trinajstić information content (AvgIpc) is 2.48. The maximum Gasteiger partial charge on any atom is 0.352 e. The summed E-state index contributed by atoms with van der Waals surface area (Å²) >= 11 is 11.9. The van der Waals surface area contributed by atoms with E-state index in [1.165, 1.54) is 37.3 Å². The molecule has 1 N–H and O–H groups in total. The van der Waals surface area contributed by atoms with Crippen molar-refractivity contribution >= 4 is 39.0 Å². The number of benzene rings is 2. The van der Waals surface area contributed by atoms with Gasteiger partial charge in [0.05, 0.1) is 9.92 Å². The van der Waals surface area contributed by atoms with Gasteiger partial charge in [0.2, 0.25) is 5.60 Å². The van der Waals surface area contributed by atoms with E-state index < -0.39 is 21.4 Å². The number of hydrogen-bond donors (Lipinski definition) is 1. The highest BCUT2D eigenvalue weighted by Gasteiger charge is 2.38. The van der Waals surface area contributed by atoms with Gasteiger partial charge in [-0.05, 0) is 37.3 Å². The fourth-order valence-electron chi connectivity index (χ4n) is 2.01. The highest BCUT2D eigenvalue weighted by Crippen LogP contribution is 2.34. The van der Waals surface area contributed by atoms with E-state index in [-0.39, 0.29) is 15.7 Å². The van der Waals surface area contributed by atoms with Gasteiger partial charge in [-0.25, -0.2) is 13.2 Å². The third kappa shape index (κ3) is 3.83. The summed E-state index contributed by atoms with van der Waals surface area (Å²) in [6.07, 6.45) is 1.05. The zero-order chi connectivity index (χ0) is 18.1. The lowest BCUT2D eigenvalue weighted by atomic mass is 9.96. The van der Waals surface area contributed by atoms with Crippen LogP contribution in [0.25, 0.3) is 0 Å². The number of carbonyl (C=O) groups is 1. The molecule has 1 atom stereocenters. The third-order valence-electron chi connectivity index (χ3n) is 3.45. The standard InChI is InChI=1S/C16H14Cl2O5S/c1-16(15(19)20,10-3-5-11(17)6-4-10)23-14-8-7-12(9-13(14)18)24(2,21)22/h3-9H,1-2H3,(H,19,20). The van der Waals surface area contributed by atoms with Crippen molar-refractivity contribution in [2.45, 2.75) is 17.4 Å². The fourth-order valence-corrected chi connectivity index (χ4v) is 3.07. The maximum absolute atomic E-state index is 11.8. The van der Waals surface area contributed by atoms with E-state index in [0.29, 0.717) is 10.6 Å². The van der Waals surface area contributed by atoms with E-state index in [4.69, 9.17) is 27.9 Å². The first kappa shape index (κ1) is 18.6. The number of ether oxygens (including phenoxy) is 1. The van der Waals surface area contributed by atoms with Crippen molar-refractivity contribution < 1.29 is 23.1 Å². The number of rotatable bonds is 5. The van der Waals surface area contributed by atoms with Crippen LogP contribution in [0, 0.1) is 0 Å². The van der Waals surface area contributed by atoms with Crippen LogP contribution in [0.15, 0.2) is 47.4 Å². The lowest BCUT2D eigenvalue weighted by Gasteiger charge is -2.27.